The number of hydrogen-bond acceptors (Lipinski definition) is 5. The largest absolute Gasteiger partial charge is 0.495 e. The van der Waals surface area contributed by atoms with Crippen molar-refractivity contribution in [2.24, 2.45) is 0 Å². The summed E-state index contributed by atoms with van der Waals surface area (Å²) in [6.07, 6.45) is 2.35. The molecule has 0 saturated carbocycles. The van der Waals surface area contributed by atoms with Gasteiger partial charge in [-0.05, 0) is 24.6 Å². The molecule has 0 spiro atoms. The Morgan fingerprint density at radius 3 is 2.60 bits per heavy atom. The fourth-order valence-corrected chi connectivity index (χ4v) is 2.21. The summed E-state index contributed by atoms with van der Waals surface area (Å²) in [6.45, 7) is 2.06. The van der Waals surface area contributed by atoms with Crippen molar-refractivity contribution < 1.29 is 4.74 Å². The zero-order valence-corrected chi connectivity index (χ0v) is 12.5. The molecule has 2 aromatic rings. The molecule has 0 bridgehead atoms. The first-order valence-electron chi connectivity index (χ1n) is 6.31. The maximum Gasteiger partial charge on any atom is 0.139 e. The van der Waals surface area contributed by atoms with Crippen molar-refractivity contribution >= 4 is 28.9 Å². The van der Waals surface area contributed by atoms with E-state index in [1.807, 2.05) is 19.2 Å². The van der Waals surface area contributed by atoms with Crippen LogP contribution < -0.4 is 15.4 Å². The number of ether oxygens (including phenoxy) is 1. The number of methoxy groups -OCH3 is 1. The Hall–Kier alpha value is -2.01. The summed E-state index contributed by atoms with van der Waals surface area (Å²) in [5.41, 5.74) is 1.88. The number of anilines is 3. The van der Waals surface area contributed by atoms with Crippen molar-refractivity contribution in [3.63, 3.8) is 0 Å². The van der Waals surface area contributed by atoms with Gasteiger partial charge in [-0.25, -0.2) is 9.97 Å². The highest BCUT2D eigenvalue weighted by molar-refractivity contribution is 6.32. The van der Waals surface area contributed by atoms with Crippen molar-refractivity contribution in [1.29, 1.82) is 0 Å². The number of rotatable bonds is 5. The van der Waals surface area contributed by atoms with Crippen molar-refractivity contribution in [2.75, 3.05) is 24.8 Å². The van der Waals surface area contributed by atoms with Gasteiger partial charge in [-0.3, -0.25) is 0 Å². The quantitative estimate of drug-likeness (QED) is 0.883. The fourth-order valence-electron chi connectivity index (χ4n) is 1.95. The highest BCUT2D eigenvalue weighted by Crippen LogP contribution is 2.30. The topological polar surface area (TPSA) is 59.1 Å². The first-order chi connectivity index (χ1) is 9.69. The van der Waals surface area contributed by atoms with Gasteiger partial charge in [-0.2, -0.15) is 0 Å². The Morgan fingerprint density at radius 2 is 2.00 bits per heavy atom. The summed E-state index contributed by atoms with van der Waals surface area (Å²) in [4.78, 5) is 8.50. The van der Waals surface area contributed by atoms with E-state index < -0.39 is 0 Å². The van der Waals surface area contributed by atoms with Gasteiger partial charge in [0.2, 0.25) is 0 Å². The van der Waals surface area contributed by atoms with Crippen LogP contribution in [0.4, 0.5) is 17.3 Å². The van der Waals surface area contributed by atoms with Gasteiger partial charge in [0.15, 0.2) is 0 Å². The molecule has 6 heteroatoms. The highest BCUT2D eigenvalue weighted by atomic mass is 35.5. The number of halogens is 1. The molecule has 0 aliphatic carbocycles. The SMILES string of the molecule is CCc1c(NC)ncnc1Nc1ccc(OC)c(Cl)c1. The second-order valence-corrected chi connectivity index (χ2v) is 4.53. The number of aromatic nitrogens is 2. The monoisotopic (exact) mass is 292 g/mol. The molecule has 5 nitrogen and oxygen atoms in total. The molecule has 1 aromatic heterocycles. The molecule has 0 radical (unpaired) electrons. The van der Waals surface area contributed by atoms with Crippen LogP contribution in [0.1, 0.15) is 12.5 Å². The number of nitrogens with zero attached hydrogens (tertiary/aromatic N) is 2. The van der Waals surface area contributed by atoms with Crippen molar-refractivity contribution in [1.82, 2.24) is 9.97 Å². The molecule has 20 heavy (non-hydrogen) atoms. The van der Waals surface area contributed by atoms with Crippen LogP contribution in [-0.2, 0) is 6.42 Å². The van der Waals surface area contributed by atoms with Crippen molar-refractivity contribution in [2.45, 2.75) is 13.3 Å². The lowest BCUT2D eigenvalue weighted by atomic mass is 10.2. The molecule has 0 fully saturated rings. The maximum absolute atomic E-state index is 6.12. The van der Waals surface area contributed by atoms with Crippen LogP contribution in [0.3, 0.4) is 0 Å². The molecule has 0 amide bonds. The molecule has 0 unspecified atom stereocenters. The van der Waals surface area contributed by atoms with E-state index in [-0.39, 0.29) is 0 Å². The minimum atomic E-state index is 0.554. The molecule has 0 aliphatic heterocycles. The minimum Gasteiger partial charge on any atom is -0.495 e. The summed E-state index contributed by atoms with van der Waals surface area (Å²) in [5.74, 6) is 2.24. The van der Waals surface area contributed by atoms with Gasteiger partial charge in [0.1, 0.15) is 23.7 Å². The average Bonchev–Trinajstić information content (AvgIpc) is 2.47. The van der Waals surface area contributed by atoms with E-state index >= 15 is 0 Å². The Balaban J connectivity index is 2.32. The Bertz CT molecular complexity index is 604. The summed E-state index contributed by atoms with van der Waals surface area (Å²) in [6, 6.07) is 5.52. The summed E-state index contributed by atoms with van der Waals surface area (Å²) in [5, 5.41) is 6.88. The molecular weight excluding hydrogens is 276 g/mol. The van der Waals surface area contributed by atoms with Crippen LogP contribution in [0.25, 0.3) is 0 Å². The summed E-state index contributed by atoms with van der Waals surface area (Å²) < 4.78 is 5.14. The standard InChI is InChI=1S/C14H17ClN4O/c1-4-10-13(16-2)17-8-18-14(10)19-9-5-6-12(20-3)11(15)7-9/h5-8H,4H2,1-3H3,(H2,16,17,18,19). The average molecular weight is 293 g/mol. The zero-order chi connectivity index (χ0) is 14.5. The Labute approximate surface area is 123 Å². The normalized spacial score (nSPS) is 10.2. The minimum absolute atomic E-state index is 0.554. The molecule has 0 atom stereocenters. The highest BCUT2D eigenvalue weighted by Gasteiger charge is 2.09. The summed E-state index contributed by atoms with van der Waals surface area (Å²) >= 11 is 6.12. The zero-order valence-electron chi connectivity index (χ0n) is 11.7. The van der Waals surface area contributed by atoms with E-state index in [2.05, 4.69) is 27.5 Å². The predicted octanol–water partition coefficient (Wildman–Crippen LogP) is 3.49. The number of benzene rings is 1. The molecule has 0 aliphatic rings. The smallest absolute Gasteiger partial charge is 0.139 e. The second kappa shape index (κ2) is 6.43. The van der Waals surface area contributed by atoms with Gasteiger partial charge >= 0.3 is 0 Å². The molecule has 2 rings (SSSR count). The Morgan fingerprint density at radius 1 is 1.25 bits per heavy atom. The third-order valence-corrected chi connectivity index (χ3v) is 3.25. The first kappa shape index (κ1) is 14.4. The molecule has 2 N–H and O–H groups in total. The van der Waals surface area contributed by atoms with E-state index in [4.69, 9.17) is 16.3 Å². The Kier molecular flexibility index (Phi) is 4.63. The molecular formula is C14H17ClN4O. The van der Waals surface area contributed by atoms with Crippen LogP contribution in [0.15, 0.2) is 24.5 Å². The van der Waals surface area contributed by atoms with Crippen molar-refractivity contribution in [3.05, 3.63) is 35.1 Å². The third kappa shape index (κ3) is 2.93. The molecule has 0 saturated heterocycles. The number of nitrogens with one attached hydrogen (secondary N) is 2. The lowest BCUT2D eigenvalue weighted by Crippen LogP contribution is -2.04. The first-order valence-corrected chi connectivity index (χ1v) is 6.69. The van der Waals surface area contributed by atoms with E-state index in [0.717, 1.165) is 29.3 Å². The van der Waals surface area contributed by atoms with Gasteiger partial charge in [-0.1, -0.05) is 18.5 Å². The van der Waals surface area contributed by atoms with E-state index in [1.165, 1.54) is 6.33 Å². The lowest BCUT2D eigenvalue weighted by Gasteiger charge is -2.13. The maximum atomic E-state index is 6.12. The van der Waals surface area contributed by atoms with Gasteiger partial charge in [0, 0.05) is 18.3 Å². The van der Waals surface area contributed by atoms with Crippen molar-refractivity contribution in [3.8, 4) is 5.75 Å². The van der Waals surface area contributed by atoms with Gasteiger partial charge in [0.05, 0.1) is 12.1 Å². The van der Waals surface area contributed by atoms with Crippen LogP contribution >= 0.6 is 11.6 Å². The van der Waals surface area contributed by atoms with E-state index in [1.54, 1.807) is 13.2 Å². The van der Waals surface area contributed by atoms with E-state index in [9.17, 15) is 0 Å². The predicted molar refractivity (Wildman–Crippen MR) is 82.2 cm³/mol. The second-order valence-electron chi connectivity index (χ2n) is 4.13. The van der Waals surface area contributed by atoms with Crippen LogP contribution in [-0.4, -0.2) is 24.1 Å². The third-order valence-electron chi connectivity index (χ3n) is 2.95. The summed E-state index contributed by atoms with van der Waals surface area (Å²) in [7, 11) is 3.43. The van der Waals surface area contributed by atoms with Gasteiger partial charge < -0.3 is 15.4 Å². The van der Waals surface area contributed by atoms with Gasteiger partial charge in [0.25, 0.3) is 0 Å². The fraction of sp³-hybridized carbons (Fsp3) is 0.286. The number of hydrogen-bond donors (Lipinski definition) is 2. The van der Waals surface area contributed by atoms with E-state index in [0.29, 0.717) is 10.8 Å². The molecule has 106 valence electrons. The van der Waals surface area contributed by atoms with Crippen LogP contribution in [0.5, 0.6) is 5.75 Å². The van der Waals surface area contributed by atoms with Crippen LogP contribution in [0.2, 0.25) is 5.02 Å². The molecule has 1 aromatic carbocycles. The van der Waals surface area contributed by atoms with Crippen LogP contribution in [0, 0.1) is 0 Å². The van der Waals surface area contributed by atoms with Gasteiger partial charge in [-0.15, -0.1) is 0 Å². The molecule has 1 heterocycles. The lowest BCUT2D eigenvalue weighted by molar-refractivity contribution is 0.415.